The number of hydrogen-bond donors (Lipinski definition) is 0. The van der Waals surface area contributed by atoms with Gasteiger partial charge in [-0.1, -0.05) is 33.6 Å². The Labute approximate surface area is 110 Å². The molecule has 0 saturated carbocycles. The van der Waals surface area contributed by atoms with Gasteiger partial charge in [-0.25, -0.2) is 0 Å². The van der Waals surface area contributed by atoms with Crippen LogP contribution in [0.3, 0.4) is 0 Å². The second-order valence-electron chi connectivity index (χ2n) is 5.07. The van der Waals surface area contributed by atoms with Gasteiger partial charge in [0.15, 0.2) is 5.92 Å². The summed E-state index contributed by atoms with van der Waals surface area (Å²) in [5.41, 5.74) is 0. The summed E-state index contributed by atoms with van der Waals surface area (Å²) >= 11 is 0. The lowest BCUT2D eigenvalue weighted by Gasteiger charge is -2.20. The van der Waals surface area contributed by atoms with Crippen molar-refractivity contribution in [3.05, 3.63) is 0 Å². The van der Waals surface area contributed by atoms with Gasteiger partial charge in [0, 0.05) is 0 Å². The molecule has 0 spiro atoms. The monoisotopic (exact) mass is 258 g/mol. The van der Waals surface area contributed by atoms with Gasteiger partial charge in [-0.15, -0.1) is 0 Å². The molecule has 0 aromatic rings. The van der Waals surface area contributed by atoms with Crippen LogP contribution in [-0.4, -0.2) is 26.2 Å². The molecule has 0 aromatic heterocycles. The molecule has 0 radical (unpaired) electrons. The molecule has 106 valence electrons. The van der Waals surface area contributed by atoms with Crippen molar-refractivity contribution in [3.8, 4) is 0 Å². The van der Waals surface area contributed by atoms with Gasteiger partial charge in [-0.05, 0) is 24.7 Å². The molecule has 4 nitrogen and oxygen atoms in total. The Morgan fingerprint density at radius 2 is 1.44 bits per heavy atom. The lowest BCUT2D eigenvalue weighted by Crippen LogP contribution is -2.28. The highest BCUT2D eigenvalue weighted by molar-refractivity contribution is 5.94. The Morgan fingerprint density at radius 3 is 1.83 bits per heavy atom. The molecule has 0 fully saturated rings. The van der Waals surface area contributed by atoms with Crippen LogP contribution in [0.4, 0.5) is 0 Å². The molecular weight excluding hydrogens is 232 g/mol. The Balaban J connectivity index is 4.39. The van der Waals surface area contributed by atoms with Crippen LogP contribution in [0.25, 0.3) is 0 Å². The molecule has 0 aliphatic rings. The smallest absolute Gasteiger partial charge is 0.320 e. The zero-order valence-corrected chi connectivity index (χ0v) is 12.2. The van der Waals surface area contributed by atoms with E-state index in [0.29, 0.717) is 18.3 Å². The zero-order chi connectivity index (χ0) is 14.1. The van der Waals surface area contributed by atoms with Gasteiger partial charge in [0.1, 0.15) is 0 Å². The van der Waals surface area contributed by atoms with E-state index in [9.17, 15) is 9.59 Å². The summed E-state index contributed by atoms with van der Waals surface area (Å²) in [6.07, 6.45) is 3.84. The molecule has 0 heterocycles. The molecule has 0 bridgehead atoms. The first-order chi connectivity index (χ1) is 8.46. The molecule has 0 aliphatic heterocycles. The van der Waals surface area contributed by atoms with Crippen molar-refractivity contribution in [2.24, 2.45) is 17.8 Å². The summed E-state index contributed by atoms with van der Waals surface area (Å²) in [6, 6.07) is 0. The van der Waals surface area contributed by atoms with E-state index >= 15 is 0 Å². The van der Waals surface area contributed by atoms with Crippen LogP contribution in [0.1, 0.15) is 46.5 Å². The fraction of sp³-hybridized carbons (Fsp3) is 0.857. The zero-order valence-electron chi connectivity index (χ0n) is 12.2. The summed E-state index contributed by atoms with van der Waals surface area (Å²) in [4.78, 5) is 23.1. The summed E-state index contributed by atoms with van der Waals surface area (Å²) in [7, 11) is 2.59. The van der Waals surface area contributed by atoms with Crippen LogP contribution < -0.4 is 0 Å². The summed E-state index contributed by atoms with van der Waals surface area (Å²) in [5, 5.41) is 0. The molecule has 0 aliphatic carbocycles. The normalized spacial score (nSPS) is 14.1. The highest BCUT2D eigenvalue weighted by Gasteiger charge is 2.30. The number of rotatable bonds is 8. The van der Waals surface area contributed by atoms with Gasteiger partial charge in [0.25, 0.3) is 0 Å². The fourth-order valence-electron chi connectivity index (χ4n) is 2.37. The van der Waals surface area contributed by atoms with Gasteiger partial charge >= 0.3 is 11.9 Å². The maximum atomic E-state index is 11.5. The molecule has 0 amide bonds. The van der Waals surface area contributed by atoms with Crippen LogP contribution >= 0.6 is 0 Å². The molecule has 0 N–H and O–H groups in total. The quantitative estimate of drug-likeness (QED) is 0.496. The predicted octanol–water partition coefficient (Wildman–Crippen LogP) is 2.80. The molecule has 4 heteroatoms. The van der Waals surface area contributed by atoms with Crippen molar-refractivity contribution in [1.82, 2.24) is 0 Å². The highest BCUT2D eigenvalue weighted by atomic mass is 16.5. The average molecular weight is 258 g/mol. The topological polar surface area (TPSA) is 52.6 Å². The van der Waals surface area contributed by atoms with Crippen molar-refractivity contribution in [1.29, 1.82) is 0 Å². The van der Waals surface area contributed by atoms with E-state index in [1.165, 1.54) is 20.6 Å². The van der Waals surface area contributed by atoms with Gasteiger partial charge < -0.3 is 9.47 Å². The minimum Gasteiger partial charge on any atom is -0.468 e. The Hall–Kier alpha value is -1.06. The maximum absolute atomic E-state index is 11.5. The molecule has 0 saturated heterocycles. The van der Waals surface area contributed by atoms with Crippen LogP contribution in [0.2, 0.25) is 0 Å². The summed E-state index contributed by atoms with van der Waals surface area (Å²) in [6.45, 7) is 6.42. The summed E-state index contributed by atoms with van der Waals surface area (Å²) in [5.74, 6) is -0.881. The lowest BCUT2D eigenvalue weighted by molar-refractivity contribution is -0.159. The molecule has 0 unspecified atom stereocenters. The van der Waals surface area contributed by atoms with Gasteiger partial charge in [0.2, 0.25) is 0 Å². The number of ether oxygens (including phenoxy) is 2. The van der Waals surface area contributed by atoms with Crippen molar-refractivity contribution >= 4 is 11.9 Å². The fourth-order valence-corrected chi connectivity index (χ4v) is 2.37. The van der Waals surface area contributed by atoms with E-state index in [2.05, 4.69) is 30.2 Å². The van der Waals surface area contributed by atoms with Crippen LogP contribution in [-0.2, 0) is 19.1 Å². The average Bonchev–Trinajstić information content (AvgIpc) is 2.34. The second-order valence-corrected chi connectivity index (χ2v) is 5.07. The van der Waals surface area contributed by atoms with E-state index in [1.807, 2.05) is 0 Å². The van der Waals surface area contributed by atoms with Crippen LogP contribution in [0.15, 0.2) is 0 Å². The number of carbonyl (C=O) groups excluding carboxylic acids is 2. The van der Waals surface area contributed by atoms with E-state index in [-0.39, 0.29) is 0 Å². The first-order valence-electron chi connectivity index (χ1n) is 6.61. The highest BCUT2D eigenvalue weighted by Crippen LogP contribution is 2.23. The van der Waals surface area contributed by atoms with Crippen molar-refractivity contribution in [3.63, 3.8) is 0 Å². The molecule has 2 atom stereocenters. The molecular formula is C14H26O4. The molecule has 0 aromatic carbocycles. The Bertz CT molecular complexity index is 247. The van der Waals surface area contributed by atoms with Gasteiger partial charge in [-0.3, -0.25) is 9.59 Å². The maximum Gasteiger partial charge on any atom is 0.320 e. The first kappa shape index (κ1) is 16.9. The van der Waals surface area contributed by atoms with E-state index in [4.69, 9.17) is 0 Å². The number of methoxy groups -OCH3 is 2. The standard InChI is InChI=1S/C14H26O4/c1-6-7-10(2)8-11(3)9-12(13(15)17-4)14(16)18-5/h10-12H,6-9H2,1-5H3/t10-,11+/m1/s1. The van der Waals surface area contributed by atoms with Gasteiger partial charge in [0.05, 0.1) is 14.2 Å². The second kappa shape index (κ2) is 8.95. The Morgan fingerprint density at radius 1 is 0.944 bits per heavy atom. The molecule has 18 heavy (non-hydrogen) atoms. The van der Waals surface area contributed by atoms with Crippen molar-refractivity contribution in [2.45, 2.75) is 46.5 Å². The third-order valence-electron chi connectivity index (χ3n) is 3.20. The van der Waals surface area contributed by atoms with Gasteiger partial charge in [-0.2, -0.15) is 0 Å². The predicted molar refractivity (Wildman–Crippen MR) is 70.0 cm³/mol. The minimum absolute atomic E-state index is 0.301. The number of carbonyl (C=O) groups is 2. The Kier molecular flexibility index (Phi) is 8.42. The summed E-state index contributed by atoms with van der Waals surface area (Å²) < 4.78 is 9.30. The van der Waals surface area contributed by atoms with Crippen LogP contribution in [0, 0.1) is 17.8 Å². The van der Waals surface area contributed by atoms with Crippen LogP contribution in [0.5, 0.6) is 0 Å². The SMILES string of the molecule is CCC[C@@H](C)C[C@H](C)CC(C(=O)OC)C(=O)OC. The number of hydrogen-bond acceptors (Lipinski definition) is 4. The third-order valence-corrected chi connectivity index (χ3v) is 3.20. The largest absolute Gasteiger partial charge is 0.468 e. The van der Waals surface area contributed by atoms with Crippen molar-refractivity contribution in [2.75, 3.05) is 14.2 Å². The van der Waals surface area contributed by atoms with E-state index in [0.717, 1.165) is 12.8 Å². The van der Waals surface area contributed by atoms with Crippen molar-refractivity contribution < 1.29 is 19.1 Å². The third kappa shape index (κ3) is 6.03. The van der Waals surface area contributed by atoms with E-state index in [1.54, 1.807) is 0 Å². The number of esters is 2. The first-order valence-corrected chi connectivity index (χ1v) is 6.61. The molecule has 0 rings (SSSR count). The lowest BCUT2D eigenvalue weighted by atomic mass is 9.87. The minimum atomic E-state index is -0.788. The van der Waals surface area contributed by atoms with E-state index < -0.39 is 17.9 Å².